The van der Waals surface area contributed by atoms with E-state index in [0.717, 1.165) is 19.3 Å². The number of piperidine rings is 1. The van der Waals surface area contributed by atoms with Gasteiger partial charge in [-0.1, -0.05) is 6.42 Å². The number of benzene rings is 1. The van der Waals surface area contributed by atoms with Gasteiger partial charge in [-0.05, 0) is 50.1 Å². The van der Waals surface area contributed by atoms with Crippen molar-refractivity contribution in [2.75, 3.05) is 18.4 Å². The number of phenolic OH excluding ortho intramolecular Hbond substituents is 1. The lowest BCUT2D eigenvalue weighted by Crippen LogP contribution is -2.35. The fourth-order valence-electron chi connectivity index (χ4n) is 3.77. The number of amides is 1. The van der Waals surface area contributed by atoms with Crippen LogP contribution in [0, 0.1) is 18.3 Å². The van der Waals surface area contributed by atoms with Gasteiger partial charge in [-0.2, -0.15) is 9.57 Å². The van der Waals surface area contributed by atoms with Gasteiger partial charge in [-0.3, -0.25) is 9.36 Å². The molecule has 0 spiro atoms. The first-order valence-electron chi connectivity index (χ1n) is 10.1. The Morgan fingerprint density at radius 3 is 2.53 bits per heavy atom. The van der Waals surface area contributed by atoms with Crippen LogP contribution in [0.15, 0.2) is 52.0 Å². The molecule has 166 valence electrons. The van der Waals surface area contributed by atoms with Crippen molar-refractivity contribution in [3.8, 4) is 17.7 Å². The topological polar surface area (TPSA) is 129 Å². The smallest absolute Gasteiger partial charge is 0.260 e. The number of sulfonamides is 1. The summed E-state index contributed by atoms with van der Waals surface area (Å²) in [7, 11) is -3.75. The van der Waals surface area contributed by atoms with E-state index in [1.807, 2.05) is 6.07 Å². The molecule has 1 aliphatic rings. The summed E-state index contributed by atoms with van der Waals surface area (Å²) < 4.78 is 34.6. The van der Waals surface area contributed by atoms with Gasteiger partial charge in [0.25, 0.3) is 5.91 Å². The highest BCUT2D eigenvalue weighted by Crippen LogP contribution is 2.31. The van der Waals surface area contributed by atoms with Gasteiger partial charge in [0.2, 0.25) is 15.9 Å². The van der Waals surface area contributed by atoms with Crippen molar-refractivity contribution in [2.24, 2.45) is 0 Å². The fourth-order valence-corrected chi connectivity index (χ4v) is 5.32. The minimum Gasteiger partial charge on any atom is -0.506 e. The van der Waals surface area contributed by atoms with E-state index < -0.39 is 15.9 Å². The van der Waals surface area contributed by atoms with E-state index in [1.165, 1.54) is 22.5 Å². The molecule has 10 heteroatoms. The van der Waals surface area contributed by atoms with Gasteiger partial charge in [0.15, 0.2) is 0 Å². The van der Waals surface area contributed by atoms with Crippen molar-refractivity contribution in [3.63, 3.8) is 0 Å². The molecule has 0 bridgehead atoms. The maximum absolute atomic E-state index is 13.0. The molecule has 9 nitrogen and oxygen atoms in total. The van der Waals surface area contributed by atoms with Crippen LogP contribution >= 0.6 is 0 Å². The molecule has 0 aliphatic carbocycles. The quantitative estimate of drug-likeness (QED) is 0.569. The number of furan rings is 1. The van der Waals surface area contributed by atoms with Crippen molar-refractivity contribution < 1.29 is 22.7 Å². The van der Waals surface area contributed by atoms with Crippen molar-refractivity contribution in [3.05, 3.63) is 59.6 Å². The Labute approximate surface area is 185 Å². The summed E-state index contributed by atoms with van der Waals surface area (Å²) in [6.07, 6.45) is 5.94. The number of nitrogens with one attached hydrogen (secondary N) is 1. The van der Waals surface area contributed by atoms with Crippen LogP contribution in [0.4, 0.5) is 5.69 Å². The lowest BCUT2D eigenvalue weighted by Gasteiger charge is -2.26. The van der Waals surface area contributed by atoms with E-state index in [0.29, 0.717) is 13.1 Å². The second kappa shape index (κ2) is 8.53. The zero-order valence-corrected chi connectivity index (χ0v) is 18.2. The highest BCUT2D eigenvalue weighted by Gasteiger charge is 2.28. The Hall–Kier alpha value is -3.55. The monoisotopic (exact) mass is 454 g/mol. The molecule has 1 amide bonds. The van der Waals surface area contributed by atoms with Crippen LogP contribution in [0.1, 0.15) is 40.9 Å². The average molecular weight is 455 g/mol. The van der Waals surface area contributed by atoms with Crippen LogP contribution in [-0.2, 0) is 10.0 Å². The summed E-state index contributed by atoms with van der Waals surface area (Å²) in [5.41, 5.74) is -0.0206. The summed E-state index contributed by atoms with van der Waals surface area (Å²) in [6, 6.07) is 9.27. The molecule has 0 atom stereocenters. The van der Waals surface area contributed by atoms with Crippen LogP contribution in [0.25, 0.3) is 5.88 Å². The molecule has 1 saturated heterocycles. The largest absolute Gasteiger partial charge is 0.506 e. The van der Waals surface area contributed by atoms with Gasteiger partial charge in [-0.15, -0.1) is 0 Å². The number of aromatic nitrogens is 1. The molecular weight excluding hydrogens is 432 g/mol. The first-order chi connectivity index (χ1) is 15.3. The number of carbonyl (C=O) groups excluding carboxylic acids is 1. The van der Waals surface area contributed by atoms with Crippen LogP contribution in [0.3, 0.4) is 0 Å². The Bertz CT molecular complexity index is 1300. The standard InChI is InChI=1S/C22H22N4O5S/c1-15-20(17(14-23)22(31-15)25-9-5-6-10-25)21(28)24-18-13-16(7-8-19(18)27)32(29,30)26-11-3-2-4-12-26/h5-10,13,27H,2-4,11-12H2,1H3,(H,24,28). The summed E-state index contributed by atoms with van der Waals surface area (Å²) in [4.78, 5) is 13.0. The van der Waals surface area contributed by atoms with Crippen molar-refractivity contribution in [1.29, 1.82) is 5.26 Å². The van der Waals surface area contributed by atoms with E-state index in [4.69, 9.17) is 4.42 Å². The van der Waals surface area contributed by atoms with Gasteiger partial charge in [0.1, 0.15) is 28.7 Å². The third kappa shape index (κ3) is 3.88. The Morgan fingerprint density at radius 2 is 1.88 bits per heavy atom. The van der Waals surface area contributed by atoms with Gasteiger partial charge in [-0.25, -0.2) is 8.42 Å². The molecule has 2 aromatic heterocycles. The number of rotatable bonds is 5. The van der Waals surface area contributed by atoms with E-state index in [-0.39, 0.29) is 39.1 Å². The normalized spacial score (nSPS) is 14.8. The molecular formula is C22H22N4O5S. The van der Waals surface area contributed by atoms with Gasteiger partial charge in [0.05, 0.1) is 10.6 Å². The molecule has 0 radical (unpaired) electrons. The van der Waals surface area contributed by atoms with E-state index in [2.05, 4.69) is 5.32 Å². The SMILES string of the molecule is Cc1oc(-n2cccc2)c(C#N)c1C(=O)Nc1cc(S(=O)(=O)N2CCCCC2)ccc1O. The number of aromatic hydroxyl groups is 1. The molecule has 1 fully saturated rings. The minimum absolute atomic E-state index is 0.0138. The van der Waals surface area contributed by atoms with Crippen LogP contribution in [0.2, 0.25) is 0 Å². The summed E-state index contributed by atoms with van der Waals surface area (Å²) >= 11 is 0. The minimum atomic E-state index is -3.75. The maximum Gasteiger partial charge on any atom is 0.260 e. The first-order valence-corrected chi connectivity index (χ1v) is 11.6. The number of phenols is 1. The second-order valence-corrected chi connectivity index (χ2v) is 9.45. The van der Waals surface area contributed by atoms with Gasteiger partial charge >= 0.3 is 0 Å². The first kappa shape index (κ1) is 21.7. The van der Waals surface area contributed by atoms with Crippen molar-refractivity contribution in [1.82, 2.24) is 8.87 Å². The predicted octanol–water partition coefficient (Wildman–Crippen LogP) is 3.38. The van der Waals surface area contributed by atoms with Gasteiger partial charge < -0.3 is 14.8 Å². The van der Waals surface area contributed by atoms with E-state index >= 15 is 0 Å². The average Bonchev–Trinajstić information content (AvgIpc) is 3.43. The molecule has 1 aliphatic heterocycles. The molecule has 3 heterocycles. The fraction of sp³-hybridized carbons (Fsp3) is 0.273. The molecule has 32 heavy (non-hydrogen) atoms. The number of nitriles is 1. The molecule has 4 rings (SSSR count). The summed E-state index contributed by atoms with van der Waals surface area (Å²) in [5.74, 6) is -0.560. The van der Waals surface area contributed by atoms with Crippen molar-refractivity contribution in [2.45, 2.75) is 31.1 Å². The zero-order chi connectivity index (χ0) is 22.9. The summed E-state index contributed by atoms with van der Waals surface area (Å²) in [5, 5.41) is 22.4. The number of hydrogen-bond donors (Lipinski definition) is 2. The van der Waals surface area contributed by atoms with Crippen LogP contribution in [-0.4, -0.2) is 41.4 Å². The molecule has 0 saturated carbocycles. The van der Waals surface area contributed by atoms with Crippen LogP contribution < -0.4 is 5.32 Å². The predicted molar refractivity (Wildman–Crippen MR) is 116 cm³/mol. The van der Waals surface area contributed by atoms with Gasteiger partial charge in [0, 0.05) is 25.5 Å². The third-order valence-electron chi connectivity index (χ3n) is 5.41. The number of anilines is 1. The van der Waals surface area contributed by atoms with E-state index in [1.54, 1.807) is 36.0 Å². The maximum atomic E-state index is 13.0. The van der Waals surface area contributed by atoms with Crippen molar-refractivity contribution >= 4 is 21.6 Å². The number of carbonyl (C=O) groups is 1. The lowest BCUT2D eigenvalue weighted by molar-refractivity contribution is 0.102. The Kier molecular flexibility index (Phi) is 5.78. The highest BCUT2D eigenvalue weighted by molar-refractivity contribution is 7.89. The highest BCUT2D eigenvalue weighted by atomic mass is 32.2. The number of hydrogen-bond acceptors (Lipinski definition) is 6. The second-order valence-electron chi connectivity index (χ2n) is 7.51. The lowest BCUT2D eigenvalue weighted by atomic mass is 10.1. The third-order valence-corrected chi connectivity index (χ3v) is 7.31. The molecule has 2 N–H and O–H groups in total. The Balaban J connectivity index is 1.66. The van der Waals surface area contributed by atoms with E-state index in [9.17, 15) is 23.6 Å². The number of nitrogens with zero attached hydrogens (tertiary/aromatic N) is 3. The summed E-state index contributed by atoms with van der Waals surface area (Å²) in [6.45, 7) is 2.43. The number of aryl methyl sites for hydroxylation is 1. The molecule has 0 unspecified atom stereocenters. The van der Waals surface area contributed by atoms with Crippen LogP contribution in [0.5, 0.6) is 5.75 Å². The molecule has 3 aromatic rings. The zero-order valence-electron chi connectivity index (χ0n) is 17.4. The Morgan fingerprint density at radius 1 is 1.19 bits per heavy atom. The molecule has 1 aromatic carbocycles.